The number of fused-ring (bicyclic) bond motifs is 1. The number of hydrogen-bond acceptors (Lipinski definition) is 4. The van der Waals surface area contributed by atoms with Crippen molar-refractivity contribution in [1.82, 2.24) is 9.97 Å². The molecule has 0 spiro atoms. The van der Waals surface area contributed by atoms with Crippen molar-refractivity contribution in [2.75, 3.05) is 5.73 Å². The zero-order valence-corrected chi connectivity index (χ0v) is 10.4. The zero-order chi connectivity index (χ0) is 12.4. The van der Waals surface area contributed by atoms with E-state index in [1.807, 2.05) is 42.5 Å². The quantitative estimate of drug-likeness (QED) is 0.711. The van der Waals surface area contributed by atoms with Crippen LogP contribution < -0.4 is 5.73 Å². The Morgan fingerprint density at radius 2 is 1.78 bits per heavy atom. The molecule has 0 saturated carbocycles. The molecule has 18 heavy (non-hydrogen) atoms. The highest BCUT2D eigenvalue weighted by molar-refractivity contribution is 7.99. The third-order valence-corrected chi connectivity index (χ3v) is 3.62. The van der Waals surface area contributed by atoms with Gasteiger partial charge >= 0.3 is 0 Å². The Morgan fingerprint density at radius 3 is 2.61 bits per heavy atom. The van der Waals surface area contributed by atoms with Gasteiger partial charge in [0.05, 0.1) is 5.52 Å². The molecule has 2 heterocycles. The summed E-state index contributed by atoms with van der Waals surface area (Å²) < 4.78 is 0. The number of rotatable bonds is 2. The summed E-state index contributed by atoms with van der Waals surface area (Å²) in [6.45, 7) is 0. The summed E-state index contributed by atoms with van der Waals surface area (Å²) in [5.41, 5.74) is 7.63. The molecular weight excluding hydrogens is 242 g/mol. The van der Waals surface area contributed by atoms with E-state index in [0.717, 1.165) is 26.5 Å². The van der Waals surface area contributed by atoms with Crippen molar-refractivity contribution < 1.29 is 0 Å². The maximum atomic E-state index is 5.95. The number of anilines is 1. The SMILES string of the molecule is Nc1ccc(Sc2ccccn2)c2ncccc12. The summed E-state index contributed by atoms with van der Waals surface area (Å²) in [5, 5.41) is 1.94. The zero-order valence-electron chi connectivity index (χ0n) is 9.58. The Morgan fingerprint density at radius 1 is 0.889 bits per heavy atom. The van der Waals surface area contributed by atoms with Gasteiger partial charge in [0.2, 0.25) is 0 Å². The van der Waals surface area contributed by atoms with Gasteiger partial charge in [0.1, 0.15) is 5.03 Å². The van der Waals surface area contributed by atoms with Crippen LogP contribution in [0.3, 0.4) is 0 Å². The highest BCUT2D eigenvalue weighted by Gasteiger charge is 2.06. The fraction of sp³-hybridized carbons (Fsp3) is 0. The summed E-state index contributed by atoms with van der Waals surface area (Å²) >= 11 is 1.60. The van der Waals surface area contributed by atoms with Crippen molar-refractivity contribution in [3.8, 4) is 0 Å². The molecule has 0 saturated heterocycles. The predicted molar refractivity (Wildman–Crippen MR) is 74.5 cm³/mol. The molecule has 4 heteroatoms. The van der Waals surface area contributed by atoms with Crippen molar-refractivity contribution in [1.29, 1.82) is 0 Å². The minimum Gasteiger partial charge on any atom is -0.398 e. The van der Waals surface area contributed by atoms with Crippen molar-refractivity contribution in [2.45, 2.75) is 9.92 Å². The lowest BCUT2D eigenvalue weighted by atomic mass is 10.2. The lowest BCUT2D eigenvalue weighted by Gasteiger charge is -2.06. The van der Waals surface area contributed by atoms with Gasteiger partial charge in [-0.2, -0.15) is 0 Å². The predicted octanol–water partition coefficient (Wildman–Crippen LogP) is 3.36. The number of benzene rings is 1. The summed E-state index contributed by atoms with van der Waals surface area (Å²) in [4.78, 5) is 9.78. The maximum Gasteiger partial charge on any atom is 0.101 e. The van der Waals surface area contributed by atoms with Crippen molar-refractivity contribution in [3.63, 3.8) is 0 Å². The van der Waals surface area contributed by atoms with Gasteiger partial charge in [0, 0.05) is 28.4 Å². The summed E-state index contributed by atoms with van der Waals surface area (Å²) in [6.07, 6.45) is 3.57. The van der Waals surface area contributed by atoms with Crippen molar-refractivity contribution in [2.24, 2.45) is 0 Å². The van der Waals surface area contributed by atoms with Gasteiger partial charge in [-0.1, -0.05) is 17.8 Å². The van der Waals surface area contributed by atoms with Crippen molar-refractivity contribution in [3.05, 3.63) is 54.9 Å². The highest BCUT2D eigenvalue weighted by atomic mass is 32.2. The van der Waals surface area contributed by atoms with E-state index < -0.39 is 0 Å². The molecule has 3 rings (SSSR count). The standard InChI is InChI=1S/C14H11N3S/c15-11-6-7-12(14-10(11)4-3-9-17-14)18-13-5-1-2-8-16-13/h1-9H,15H2. The fourth-order valence-electron chi connectivity index (χ4n) is 1.77. The molecule has 88 valence electrons. The molecule has 3 aromatic rings. The van der Waals surface area contributed by atoms with Crippen LogP contribution in [0.5, 0.6) is 0 Å². The molecule has 1 aromatic carbocycles. The average molecular weight is 253 g/mol. The summed E-state index contributed by atoms with van der Waals surface area (Å²) in [5.74, 6) is 0. The fourth-order valence-corrected chi connectivity index (χ4v) is 2.65. The lowest BCUT2D eigenvalue weighted by molar-refractivity contribution is 1.13. The molecule has 3 nitrogen and oxygen atoms in total. The third kappa shape index (κ3) is 2.02. The van der Waals surface area contributed by atoms with Crippen molar-refractivity contribution >= 4 is 28.4 Å². The van der Waals surface area contributed by atoms with Gasteiger partial charge in [-0.25, -0.2) is 4.98 Å². The molecule has 0 amide bonds. The van der Waals surface area contributed by atoms with E-state index in [1.54, 1.807) is 24.2 Å². The molecule has 0 aliphatic rings. The van der Waals surface area contributed by atoms with Gasteiger partial charge in [-0.15, -0.1) is 0 Å². The van der Waals surface area contributed by atoms with Crippen LogP contribution in [0.1, 0.15) is 0 Å². The number of aromatic nitrogens is 2. The van der Waals surface area contributed by atoms with Crippen LogP contribution in [0, 0.1) is 0 Å². The second-order valence-corrected chi connectivity index (χ2v) is 4.88. The topological polar surface area (TPSA) is 51.8 Å². The first-order valence-electron chi connectivity index (χ1n) is 5.57. The van der Waals surface area contributed by atoms with E-state index in [2.05, 4.69) is 9.97 Å². The molecule has 0 atom stereocenters. The van der Waals surface area contributed by atoms with Crippen LogP contribution in [0.15, 0.2) is 64.8 Å². The molecule has 0 aliphatic heterocycles. The molecule has 2 N–H and O–H groups in total. The molecular formula is C14H11N3S. The van der Waals surface area contributed by atoms with Crippen LogP contribution in [0.4, 0.5) is 5.69 Å². The monoisotopic (exact) mass is 253 g/mol. The maximum absolute atomic E-state index is 5.95. The number of nitrogens with two attached hydrogens (primary N) is 1. The van der Waals surface area contributed by atoms with E-state index in [4.69, 9.17) is 5.73 Å². The van der Waals surface area contributed by atoms with E-state index in [1.165, 1.54) is 0 Å². The first kappa shape index (κ1) is 11.0. The molecule has 2 aromatic heterocycles. The van der Waals surface area contributed by atoms with Gasteiger partial charge in [0.15, 0.2) is 0 Å². The van der Waals surface area contributed by atoms with Crippen LogP contribution in [0.2, 0.25) is 0 Å². The number of pyridine rings is 2. The van der Waals surface area contributed by atoms with Gasteiger partial charge in [0.25, 0.3) is 0 Å². The lowest BCUT2D eigenvalue weighted by Crippen LogP contribution is -1.90. The normalized spacial score (nSPS) is 10.7. The van der Waals surface area contributed by atoms with Crippen LogP contribution in [-0.2, 0) is 0 Å². The Hall–Kier alpha value is -2.07. The van der Waals surface area contributed by atoms with E-state index >= 15 is 0 Å². The second kappa shape index (κ2) is 4.66. The first-order chi connectivity index (χ1) is 8.84. The van der Waals surface area contributed by atoms with Crippen LogP contribution >= 0.6 is 11.8 Å². The Bertz CT molecular complexity index is 683. The summed E-state index contributed by atoms with van der Waals surface area (Å²) in [7, 11) is 0. The average Bonchev–Trinajstić information content (AvgIpc) is 2.44. The minimum absolute atomic E-state index is 0.753. The number of nitrogen functional groups attached to an aromatic ring is 1. The molecule has 0 fully saturated rings. The number of nitrogens with zero attached hydrogens (tertiary/aromatic N) is 2. The molecule has 0 bridgehead atoms. The first-order valence-corrected chi connectivity index (χ1v) is 6.38. The summed E-state index contributed by atoms with van der Waals surface area (Å²) in [6, 6.07) is 13.6. The minimum atomic E-state index is 0.753. The largest absolute Gasteiger partial charge is 0.398 e. The third-order valence-electron chi connectivity index (χ3n) is 2.62. The highest BCUT2D eigenvalue weighted by Crippen LogP contribution is 2.33. The molecule has 0 aliphatic carbocycles. The Kier molecular flexibility index (Phi) is 2.86. The van der Waals surface area contributed by atoms with Gasteiger partial charge < -0.3 is 5.73 Å². The number of hydrogen-bond donors (Lipinski definition) is 1. The van der Waals surface area contributed by atoms with Crippen LogP contribution in [-0.4, -0.2) is 9.97 Å². The smallest absolute Gasteiger partial charge is 0.101 e. The van der Waals surface area contributed by atoms with Crippen LogP contribution in [0.25, 0.3) is 10.9 Å². The van der Waals surface area contributed by atoms with E-state index in [9.17, 15) is 0 Å². The van der Waals surface area contributed by atoms with Gasteiger partial charge in [-0.05, 0) is 36.4 Å². The van der Waals surface area contributed by atoms with Gasteiger partial charge in [-0.3, -0.25) is 4.98 Å². The van der Waals surface area contributed by atoms with E-state index in [0.29, 0.717) is 0 Å². The Labute approximate surface area is 109 Å². The molecule has 0 unspecified atom stereocenters. The van der Waals surface area contributed by atoms with E-state index in [-0.39, 0.29) is 0 Å². The Balaban J connectivity index is 2.10. The molecule has 0 radical (unpaired) electrons. The second-order valence-electron chi connectivity index (χ2n) is 3.82.